The van der Waals surface area contributed by atoms with Crippen LogP contribution in [-0.2, 0) is 6.61 Å². The first-order valence-electron chi connectivity index (χ1n) is 9.72. The number of nitrogens with two attached hydrogens (primary N) is 1. The van der Waals surface area contributed by atoms with Crippen molar-refractivity contribution >= 4 is 36.4 Å². The lowest BCUT2D eigenvalue weighted by Gasteiger charge is -2.22. The minimum atomic E-state index is 0. The lowest BCUT2D eigenvalue weighted by molar-refractivity contribution is 0.0738. The molecule has 1 aliphatic heterocycles. The van der Waals surface area contributed by atoms with Crippen LogP contribution in [0.1, 0.15) is 35.0 Å². The molecule has 3 heterocycles. The molecular formula is C22H28Cl2N4O2. The van der Waals surface area contributed by atoms with E-state index in [9.17, 15) is 4.79 Å². The number of fused-ring (bicyclic) bond motifs is 1. The number of rotatable bonds is 5. The normalized spacial score (nSPS) is 18.0. The van der Waals surface area contributed by atoms with Crippen molar-refractivity contribution in [3.05, 3.63) is 65.6 Å². The topological polar surface area (TPSA) is 72.9 Å². The van der Waals surface area contributed by atoms with Crippen molar-refractivity contribution < 1.29 is 9.53 Å². The zero-order valence-electron chi connectivity index (χ0n) is 17.2. The van der Waals surface area contributed by atoms with Gasteiger partial charge in [0.2, 0.25) is 0 Å². The van der Waals surface area contributed by atoms with E-state index in [4.69, 9.17) is 10.5 Å². The standard InChI is InChI=1S/C22H26N4O2.2ClH/c1-15-7-8-21-24-18(13-25(21)11-15)14-28-20-6-4-3-5-19(20)22(27)26-12-17(10-23)9-16(26)2;;/h3-8,11,13,16-17H,9-10,12,14,23H2,1-2H3;2*1H. The number of imidazole rings is 1. The SMILES string of the molecule is Cc1ccc2nc(COc3ccccc3C(=O)N3CC(CN)CC3C)cn2c1.Cl.Cl. The third-order valence-corrected chi connectivity index (χ3v) is 5.40. The number of hydrogen-bond acceptors (Lipinski definition) is 4. The summed E-state index contributed by atoms with van der Waals surface area (Å²) in [5, 5.41) is 0. The van der Waals surface area contributed by atoms with Gasteiger partial charge in [0.15, 0.2) is 0 Å². The highest BCUT2D eigenvalue weighted by molar-refractivity contribution is 5.97. The number of amides is 1. The number of halogens is 2. The van der Waals surface area contributed by atoms with Gasteiger partial charge < -0.3 is 19.8 Å². The number of carbonyl (C=O) groups excluding carboxylic acids is 1. The lowest BCUT2D eigenvalue weighted by atomic mass is 10.1. The molecule has 2 unspecified atom stereocenters. The summed E-state index contributed by atoms with van der Waals surface area (Å²) < 4.78 is 7.99. The van der Waals surface area contributed by atoms with Crippen molar-refractivity contribution in [2.45, 2.75) is 32.9 Å². The molecule has 1 saturated heterocycles. The van der Waals surface area contributed by atoms with Crippen molar-refractivity contribution in [2.75, 3.05) is 13.1 Å². The van der Waals surface area contributed by atoms with Gasteiger partial charge in [-0.25, -0.2) is 4.98 Å². The molecule has 6 nitrogen and oxygen atoms in total. The molecule has 2 atom stereocenters. The van der Waals surface area contributed by atoms with Crippen LogP contribution in [0.25, 0.3) is 5.65 Å². The second-order valence-electron chi connectivity index (χ2n) is 7.63. The maximum absolute atomic E-state index is 13.1. The molecule has 1 amide bonds. The number of para-hydroxylation sites is 1. The number of benzene rings is 1. The predicted molar refractivity (Wildman–Crippen MR) is 123 cm³/mol. The summed E-state index contributed by atoms with van der Waals surface area (Å²) in [4.78, 5) is 19.6. The van der Waals surface area contributed by atoms with E-state index in [0.717, 1.165) is 17.8 Å². The van der Waals surface area contributed by atoms with Crippen LogP contribution in [0.15, 0.2) is 48.8 Å². The van der Waals surface area contributed by atoms with Crippen molar-refractivity contribution in [1.29, 1.82) is 0 Å². The fourth-order valence-electron chi connectivity index (χ4n) is 3.90. The van der Waals surface area contributed by atoms with Crippen LogP contribution < -0.4 is 10.5 Å². The summed E-state index contributed by atoms with van der Waals surface area (Å²) >= 11 is 0. The van der Waals surface area contributed by atoms with Crippen LogP contribution in [0, 0.1) is 12.8 Å². The predicted octanol–water partition coefficient (Wildman–Crippen LogP) is 3.87. The van der Waals surface area contributed by atoms with Crippen molar-refractivity contribution in [3.63, 3.8) is 0 Å². The molecule has 0 saturated carbocycles. The molecule has 8 heteroatoms. The first-order valence-corrected chi connectivity index (χ1v) is 9.72. The van der Waals surface area contributed by atoms with Gasteiger partial charge in [-0.15, -0.1) is 24.8 Å². The highest BCUT2D eigenvalue weighted by Gasteiger charge is 2.33. The number of nitrogens with zero attached hydrogens (tertiary/aromatic N) is 3. The Morgan fingerprint density at radius 3 is 2.70 bits per heavy atom. The van der Waals surface area contributed by atoms with Gasteiger partial charge in [-0.2, -0.15) is 0 Å². The molecule has 30 heavy (non-hydrogen) atoms. The summed E-state index contributed by atoms with van der Waals surface area (Å²) in [6.07, 6.45) is 4.94. The van der Waals surface area contributed by atoms with E-state index in [1.807, 2.05) is 65.0 Å². The molecule has 0 radical (unpaired) electrons. The summed E-state index contributed by atoms with van der Waals surface area (Å²) in [6, 6.07) is 11.6. The molecule has 162 valence electrons. The van der Waals surface area contributed by atoms with E-state index in [0.29, 0.717) is 36.9 Å². The minimum absolute atomic E-state index is 0. The summed E-state index contributed by atoms with van der Waals surface area (Å²) in [6.45, 7) is 5.75. The second kappa shape index (κ2) is 10.2. The van der Waals surface area contributed by atoms with Crippen LogP contribution in [0.5, 0.6) is 5.75 Å². The molecule has 1 aromatic carbocycles. The average molecular weight is 451 g/mol. The number of carbonyl (C=O) groups is 1. The molecule has 1 aliphatic rings. The van der Waals surface area contributed by atoms with Crippen LogP contribution >= 0.6 is 24.8 Å². The van der Waals surface area contributed by atoms with Gasteiger partial charge in [0.1, 0.15) is 18.0 Å². The van der Waals surface area contributed by atoms with Crippen LogP contribution in [0.2, 0.25) is 0 Å². The number of hydrogen-bond donors (Lipinski definition) is 1. The van der Waals surface area contributed by atoms with E-state index in [-0.39, 0.29) is 36.8 Å². The van der Waals surface area contributed by atoms with Gasteiger partial charge in [-0.1, -0.05) is 18.2 Å². The quantitative estimate of drug-likeness (QED) is 0.639. The Bertz CT molecular complexity index is 1010. The Balaban J connectivity index is 0.00000160. The average Bonchev–Trinajstić information content (AvgIpc) is 3.28. The van der Waals surface area contributed by atoms with Gasteiger partial charge >= 0.3 is 0 Å². The molecular weight excluding hydrogens is 423 g/mol. The fourth-order valence-corrected chi connectivity index (χ4v) is 3.90. The van der Waals surface area contributed by atoms with Crippen molar-refractivity contribution in [1.82, 2.24) is 14.3 Å². The Morgan fingerprint density at radius 2 is 1.97 bits per heavy atom. The first-order chi connectivity index (χ1) is 13.5. The smallest absolute Gasteiger partial charge is 0.257 e. The molecule has 4 rings (SSSR count). The second-order valence-corrected chi connectivity index (χ2v) is 7.63. The highest BCUT2D eigenvalue weighted by atomic mass is 35.5. The van der Waals surface area contributed by atoms with Gasteiger partial charge in [0.05, 0.1) is 11.3 Å². The van der Waals surface area contributed by atoms with Crippen LogP contribution in [0.3, 0.4) is 0 Å². The van der Waals surface area contributed by atoms with Crippen LogP contribution in [0.4, 0.5) is 0 Å². The lowest BCUT2D eigenvalue weighted by Crippen LogP contribution is -2.34. The molecule has 2 N–H and O–H groups in total. The molecule has 1 fully saturated rings. The number of ether oxygens (including phenoxy) is 1. The molecule has 3 aromatic rings. The van der Waals surface area contributed by atoms with E-state index in [1.165, 1.54) is 5.56 Å². The van der Waals surface area contributed by atoms with Crippen LogP contribution in [-0.4, -0.2) is 39.3 Å². The summed E-state index contributed by atoms with van der Waals surface area (Å²) in [5.41, 5.74) is 9.27. The minimum Gasteiger partial charge on any atom is -0.486 e. The Morgan fingerprint density at radius 1 is 1.20 bits per heavy atom. The summed E-state index contributed by atoms with van der Waals surface area (Å²) in [5.74, 6) is 0.960. The molecule has 0 aliphatic carbocycles. The number of pyridine rings is 1. The van der Waals surface area contributed by atoms with Gasteiger partial charge in [0.25, 0.3) is 5.91 Å². The number of likely N-dealkylation sites (tertiary alicyclic amines) is 1. The number of aryl methyl sites for hydroxylation is 1. The first kappa shape index (κ1) is 24.0. The van der Waals surface area contributed by atoms with Gasteiger partial charge in [0, 0.05) is 25.0 Å². The van der Waals surface area contributed by atoms with Gasteiger partial charge in [-0.3, -0.25) is 4.79 Å². The maximum Gasteiger partial charge on any atom is 0.257 e. The zero-order valence-corrected chi connectivity index (χ0v) is 18.8. The Labute approximate surface area is 189 Å². The monoisotopic (exact) mass is 450 g/mol. The molecule has 0 spiro atoms. The Kier molecular flexibility index (Phi) is 8.12. The third kappa shape index (κ3) is 4.89. The zero-order chi connectivity index (χ0) is 19.7. The molecule has 2 aromatic heterocycles. The van der Waals surface area contributed by atoms with E-state index < -0.39 is 0 Å². The summed E-state index contributed by atoms with van der Waals surface area (Å²) in [7, 11) is 0. The number of aromatic nitrogens is 2. The molecule has 0 bridgehead atoms. The van der Waals surface area contributed by atoms with Crippen molar-refractivity contribution in [2.24, 2.45) is 11.7 Å². The van der Waals surface area contributed by atoms with Gasteiger partial charge in [-0.05, 0) is 56.5 Å². The van der Waals surface area contributed by atoms with E-state index in [2.05, 4.69) is 11.9 Å². The fraction of sp³-hybridized carbons (Fsp3) is 0.364. The highest BCUT2D eigenvalue weighted by Crippen LogP contribution is 2.28. The van der Waals surface area contributed by atoms with E-state index in [1.54, 1.807) is 0 Å². The van der Waals surface area contributed by atoms with Crippen molar-refractivity contribution in [3.8, 4) is 5.75 Å². The maximum atomic E-state index is 13.1. The Hall–Kier alpha value is -2.28. The third-order valence-electron chi connectivity index (χ3n) is 5.40. The largest absolute Gasteiger partial charge is 0.486 e. The van der Waals surface area contributed by atoms with E-state index >= 15 is 0 Å².